The summed E-state index contributed by atoms with van der Waals surface area (Å²) in [4.78, 5) is 42.5. The SMILES string of the molecule is CCOC(=O)[C@H]1CCCN(C(=O)c2ccc3c(c2)N(Cc2ccccc2)C(=O)c2ccccc2S3(=O)=O)C1. The molecule has 1 atom stereocenters. The molecule has 0 radical (unpaired) electrons. The van der Waals surface area contributed by atoms with Crippen LogP contribution in [0.25, 0.3) is 0 Å². The number of sulfone groups is 1. The number of anilines is 1. The maximum Gasteiger partial charge on any atom is 0.310 e. The number of carbonyl (C=O) groups excluding carboxylic acids is 3. The highest BCUT2D eigenvalue weighted by atomic mass is 32.2. The second kappa shape index (κ2) is 10.4. The number of amides is 2. The number of likely N-dealkylation sites (tertiary alicyclic amines) is 1. The number of hydrogen-bond donors (Lipinski definition) is 0. The van der Waals surface area contributed by atoms with E-state index >= 15 is 0 Å². The second-order valence-electron chi connectivity index (χ2n) is 9.40. The van der Waals surface area contributed by atoms with Crippen LogP contribution >= 0.6 is 0 Å². The summed E-state index contributed by atoms with van der Waals surface area (Å²) in [6.45, 7) is 2.85. The summed E-state index contributed by atoms with van der Waals surface area (Å²) >= 11 is 0. The average molecular weight is 533 g/mol. The lowest BCUT2D eigenvalue weighted by Gasteiger charge is -2.32. The number of carbonyl (C=O) groups is 3. The van der Waals surface area contributed by atoms with Gasteiger partial charge in [-0.3, -0.25) is 14.4 Å². The normalized spacial score (nSPS) is 18.2. The number of piperidine rings is 1. The Morgan fingerprint density at radius 1 is 0.974 bits per heavy atom. The van der Waals surface area contributed by atoms with Gasteiger partial charge in [0.05, 0.1) is 40.1 Å². The summed E-state index contributed by atoms with van der Waals surface area (Å²) in [7, 11) is -4.04. The summed E-state index contributed by atoms with van der Waals surface area (Å²) in [6.07, 6.45) is 1.30. The zero-order valence-electron chi connectivity index (χ0n) is 21.0. The number of rotatable bonds is 5. The van der Waals surface area contributed by atoms with Crippen molar-refractivity contribution in [1.29, 1.82) is 0 Å². The van der Waals surface area contributed by atoms with Gasteiger partial charge in [-0.2, -0.15) is 0 Å². The van der Waals surface area contributed by atoms with E-state index in [2.05, 4.69) is 0 Å². The predicted octanol–water partition coefficient (Wildman–Crippen LogP) is 4.10. The van der Waals surface area contributed by atoms with Crippen molar-refractivity contribution in [2.45, 2.75) is 36.1 Å². The van der Waals surface area contributed by atoms with Gasteiger partial charge in [0, 0.05) is 18.7 Å². The lowest BCUT2D eigenvalue weighted by atomic mass is 9.97. The van der Waals surface area contributed by atoms with E-state index < -0.39 is 21.7 Å². The van der Waals surface area contributed by atoms with E-state index in [1.165, 1.54) is 35.2 Å². The first kappa shape index (κ1) is 25.7. The molecular formula is C29H28N2O6S. The molecule has 0 aromatic heterocycles. The van der Waals surface area contributed by atoms with Crippen molar-refractivity contribution in [1.82, 2.24) is 4.90 Å². The quantitative estimate of drug-likeness (QED) is 0.459. The Morgan fingerprint density at radius 3 is 2.47 bits per heavy atom. The van der Waals surface area contributed by atoms with Gasteiger partial charge in [0.1, 0.15) is 0 Å². The molecule has 0 spiro atoms. The number of esters is 1. The van der Waals surface area contributed by atoms with Crippen molar-refractivity contribution in [3.8, 4) is 0 Å². The maximum absolute atomic E-state index is 13.8. The Balaban J connectivity index is 1.57. The largest absolute Gasteiger partial charge is 0.466 e. The van der Waals surface area contributed by atoms with Crippen molar-refractivity contribution in [3.63, 3.8) is 0 Å². The zero-order valence-corrected chi connectivity index (χ0v) is 21.8. The summed E-state index contributed by atoms with van der Waals surface area (Å²) in [5, 5.41) is 0. The first-order valence-electron chi connectivity index (χ1n) is 12.6. The first-order chi connectivity index (χ1) is 18.3. The van der Waals surface area contributed by atoms with Crippen LogP contribution in [0.3, 0.4) is 0 Å². The van der Waals surface area contributed by atoms with Gasteiger partial charge in [-0.15, -0.1) is 0 Å². The lowest BCUT2D eigenvalue weighted by Crippen LogP contribution is -2.43. The highest BCUT2D eigenvalue weighted by molar-refractivity contribution is 7.91. The average Bonchev–Trinajstić information content (AvgIpc) is 3.01. The minimum absolute atomic E-state index is 0.0358. The van der Waals surface area contributed by atoms with Crippen molar-refractivity contribution in [2.75, 3.05) is 24.6 Å². The van der Waals surface area contributed by atoms with Crippen LogP contribution in [0, 0.1) is 5.92 Å². The Morgan fingerprint density at radius 2 is 1.71 bits per heavy atom. The molecule has 2 heterocycles. The molecule has 3 aromatic rings. The van der Waals surface area contributed by atoms with Gasteiger partial charge in [0.2, 0.25) is 9.84 Å². The molecule has 0 saturated carbocycles. The van der Waals surface area contributed by atoms with Crippen LogP contribution in [0.2, 0.25) is 0 Å². The lowest BCUT2D eigenvalue weighted by molar-refractivity contribution is -0.149. The molecular weight excluding hydrogens is 504 g/mol. The molecule has 8 nitrogen and oxygen atoms in total. The molecule has 1 fully saturated rings. The van der Waals surface area contributed by atoms with Crippen LogP contribution in [-0.4, -0.2) is 50.8 Å². The van der Waals surface area contributed by atoms with Crippen molar-refractivity contribution in [3.05, 3.63) is 89.5 Å². The summed E-state index contributed by atoms with van der Waals surface area (Å²) < 4.78 is 32.5. The molecule has 38 heavy (non-hydrogen) atoms. The van der Waals surface area contributed by atoms with Gasteiger partial charge in [0.25, 0.3) is 11.8 Å². The van der Waals surface area contributed by atoms with Gasteiger partial charge in [0.15, 0.2) is 0 Å². The van der Waals surface area contributed by atoms with E-state index in [0.717, 1.165) is 5.56 Å². The zero-order chi connectivity index (χ0) is 26.9. The van der Waals surface area contributed by atoms with Crippen LogP contribution < -0.4 is 4.90 Å². The standard InChI is InChI=1S/C29H28N2O6S/c1-2-37-29(34)22-11-8-16-30(19-22)27(32)21-14-15-26-24(17-21)31(18-20-9-4-3-5-10-20)28(33)23-12-6-7-13-25(23)38(26,35)36/h3-7,9-10,12-15,17,22H,2,8,11,16,18-19H2,1H3/t22-/m0/s1. The molecule has 0 aliphatic carbocycles. The summed E-state index contributed by atoms with van der Waals surface area (Å²) in [6, 6.07) is 19.8. The molecule has 1 saturated heterocycles. The van der Waals surface area contributed by atoms with E-state index in [0.29, 0.717) is 19.4 Å². The number of hydrogen-bond acceptors (Lipinski definition) is 6. The molecule has 2 aliphatic heterocycles. The fraction of sp³-hybridized carbons (Fsp3) is 0.276. The third-order valence-corrected chi connectivity index (χ3v) is 8.81. The molecule has 0 unspecified atom stereocenters. The molecule has 3 aromatic carbocycles. The van der Waals surface area contributed by atoms with E-state index in [-0.39, 0.29) is 58.2 Å². The van der Waals surface area contributed by atoms with E-state index in [4.69, 9.17) is 4.74 Å². The first-order valence-corrected chi connectivity index (χ1v) is 14.1. The van der Waals surface area contributed by atoms with Gasteiger partial charge < -0.3 is 14.5 Å². The molecule has 2 amide bonds. The van der Waals surface area contributed by atoms with E-state index in [1.54, 1.807) is 24.0 Å². The molecule has 2 aliphatic rings. The van der Waals surface area contributed by atoms with Crippen molar-refractivity contribution < 1.29 is 27.5 Å². The Labute approximate surface area is 221 Å². The van der Waals surface area contributed by atoms with Crippen LogP contribution in [0.1, 0.15) is 46.0 Å². The monoisotopic (exact) mass is 532 g/mol. The van der Waals surface area contributed by atoms with Gasteiger partial charge >= 0.3 is 5.97 Å². The number of ether oxygens (including phenoxy) is 1. The van der Waals surface area contributed by atoms with Gasteiger partial charge in [-0.25, -0.2) is 8.42 Å². The van der Waals surface area contributed by atoms with Crippen LogP contribution in [-0.2, 0) is 25.9 Å². The Hall–Kier alpha value is -3.98. The highest BCUT2D eigenvalue weighted by Crippen LogP contribution is 2.38. The fourth-order valence-corrected chi connectivity index (χ4v) is 6.69. The number of benzene rings is 3. The van der Waals surface area contributed by atoms with E-state index in [1.807, 2.05) is 30.3 Å². The van der Waals surface area contributed by atoms with Crippen molar-refractivity contribution in [2.24, 2.45) is 5.92 Å². The molecule has 0 bridgehead atoms. The minimum atomic E-state index is -4.04. The summed E-state index contributed by atoms with van der Waals surface area (Å²) in [5.41, 5.74) is 1.30. The smallest absolute Gasteiger partial charge is 0.310 e. The second-order valence-corrected chi connectivity index (χ2v) is 11.3. The minimum Gasteiger partial charge on any atom is -0.466 e. The summed E-state index contributed by atoms with van der Waals surface area (Å²) in [5.74, 6) is -1.51. The highest BCUT2D eigenvalue weighted by Gasteiger charge is 2.37. The van der Waals surface area contributed by atoms with Gasteiger partial charge in [-0.1, -0.05) is 42.5 Å². The van der Waals surface area contributed by atoms with Crippen LogP contribution in [0.4, 0.5) is 5.69 Å². The Bertz CT molecular complexity index is 1500. The Kier molecular flexibility index (Phi) is 7.03. The molecule has 5 rings (SSSR count). The van der Waals surface area contributed by atoms with Gasteiger partial charge in [-0.05, 0) is 55.7 Å². The number of nitrogens with zero attached hydrogens (tertiary/aromatic N) is 2. The third-order valence-electron chi connectivity index (χ3n) is 6.95. The topological polar surface area (TPSA) is 101 Å². The van der Waals surface area contributed by atoms with Crippen molar-refractivity contribution >= 4 is 33.3 Å². The third kappa shape index (κ3) is 4.69. The predicted molar refractivity (Wildman–Crippen MR) is 141 cm³/mol. The maximum atomic E-state index is 13.8. The molecule has 9 heteroatoms. The number of fused-ring (bicyclic) bond motifs is 2. The molecule has 196 valence electrons. The van der Waals surface area contributed by atoms with Crippen LogP contribution in [0.15, 0.2) is 82.6 Å². The van der Waals surface area contributed by atoms with Crippen LogP contribution in [0.5, 0.6) is 0 Å². The van der Waals surface area contributed by atoms with E-state index in [9.17, 15) is 22.8 Å². The molecule has 0 N–H and O–H groups in total. The fourth-order valence-electron chi connectivity index (χ4n) is 5.06.